The minimum absolute atomic E-state index is 0.0374. The molecule has 0 saturated carbocycles. The molecule has 1 atom stereocenters. The Bertz CT molecular complexity index is 1230. The molecular formula is C24H27N5O5S. The molecular weight excluding hydrogens is 470 g/mol. The minimum Gasteiger partial charge on any atom is -0.466 e. The number of hydrogen-bond donors (Lipinski definition) is 0. The van der Waals surface area contributed by atoms with Gasteiger partial charge in [0.15, 0.2) is 0 Å². The van der Waals surface area contributed by atoms with Crippen LogP contribution < -0.4 is 0 Å². The van der Waals surface area contributed by atoms with Crippen LogP contribution in [0.4, 0.5) is 0 Å². The van der Waals surface area contributed by atoms with Crippen molar-refractivity contribution in [3.63, 3.8) is 0 Å². The van der Waals surface area contributed by atoms with E-state index in [0.717, 1.165) is 30.7 Å². The summed E-state index contributed by atoms with van der Waals surface area (Å²) in [6.07, 6.45) is 3.09. The lowest BCUT2D eigenvalue weighted by Crippen LogP contribution is -2.43. The first-order valence-electron chi connectivity index (χ1n) is 12.0. The van der Waals surface area contributed by atoms with E-state index >= 15 is 0 Å². The zero-order valence-electron chi connectivity index (χ0n) is 19.5. The average molecular weight is 498 g/mol. The van der Waals surface area contributed by atoms with Crippen molar-refractivity contribution < 1.29 is 23.7 Å². The Morgan fingerprint density at radius 3 is 2.66 bits per heavy atom. The smallest absolute Gasteiger partial charge is 0.310 e. The number of benzene rings is 1. The van der Waals surface area contributed by atoms with Crippen molar-refractivity contribution in [2.24, 2.45) is 5.92 Å². The van der Waals surface area contributed by atoms with Crippen molar-refractivity contribution in [3.05, 3.63) is 39.8 Å². The van der Waals surface area contributed by atoms with Crippen LogP contribution in [0, 0.1) is 5.92 Å². The summed E-state index contributed by atoms with van der Waals surface area (Å²) < 4.78 is 9.85. The van der Waals surface area contributed by atoms with Crippen molar-refractivity contribution in [1.82, 2.24) is 25.1 Å². The summed E-state index contributed by atoms with van der Waals surface area (Å²) in [5.74, 6) is -0.463. The number of nitrogens with zero attached hydrogens (tertiary/aromatic N) is 5. The second-order valence-corrected chi connectivity index (χ2v) is 9.84. The lowest BCUT2D eigenvalue weighted by Gasteiger charge is -2.31. The number of carbonyl (C=O) groups is 3. The number of piperidine rings is 2. The van der Waals surface area contributed by atoms with Crippen LogP contribution in [0.3, 0.4) is 0 Å². The molecule has 1 unspecified atom stereocenters. The number of fused-ring (bicyclic) bond motifs is 1. The summed E-state index contributed by atoms with van der Waals surface area (Å²) in [6, 6.07) is 5.18. The van der Waals surface area contributed by atoms with Gasteiger partial charge in [-0.2, -0.15) is 0 Å². The Morgan fingerprint density at radius 1 is 1.06 bits per heavy atom. The molecule has 11 heteroatoms. The maximum absolute atomic E-state index is 13.0. The first kappa shape index (κ1) is 23.4. The maximum atomic E-state index is 13.0. The molecule has 1 aromatic carbocycles. The predicted molar refractivity (Wildman–Crippen MR) is 127 cm³/mol. The van der Waals surface area contributed by atoms with E-state index in [1.165, 1.54) is 11.3 Å². The highest BCUT2D eigenvalue weighted by Gasteiger charge is 2.32. The fraction of sp³-hybridized carbons (Fsp3) is 0.500. The van der Waals surface area contributed by atoms with Crippen LogP contribution in [0.2, 0.25) is 0 Å². The van der Waals surface area contributed by atoms with Crippen LogP contribution >= 0.6 is 11.3 Å². The highest BCUT2D eigenvalue weighted by atomic mass is 32.1. The number of aromatic nitrogens is 3. The predicted octanol–water partition coefficient (Wildman–Crippen LogP) is 3.11. The molecule has 184 valence electrons. The van der Waals surface area contributed by atoms with Gasteiger partial charge >= 0.3 is 5.97 Å². The first-order valence-corrected chi connectivity index (χ1v) is 12.8. The van der Waals surface area contributed by atoms with Gasteiger partial charge in [0.1, 0.15) is 16.7 Å². The van der Waals surface area contributed by atoms with Crippen molar-refractivity contribution in [2.45, 2.75) is 38.5 Å². The lowest BCUT2D eigenvalue weighted by atomic mass is 9.97. The molecule has 0 radical (unpaired) electrons. The zero-order chi connectivity index (χ0) is 24.4. The largest absolute Gasteiger partial charge is 0.466 e. The van der Waals surface area contributed by atoms with E-state index in [1.54, 1.807) is 30.0 Å². The van der Waals surface area contributed by atoms with Gasteiger partial charge in [-0.25, -0.2) is 9.61 Å². The molecule has 5 rings (SSSR count). The van der Waals surface area contributed by atoms with Gasteiger partial charge in [0, 0.05) is 43.0 Å². The zero-order valence-corrected chi connectivity index (χ0v) is 20.3. The number of thiazole rings is 1. The Labute approximate surface area is 206 Å². The average Bonchev–Trinajstić information content (AvgIpc) is 3.58. The van der Waals surface area contributed by atoms with Crippen molar-refractivity contribution in [1.29, 1.82) is 0 Å². The molecule has 0 aliphatic carbocycles. The fourth-order valence-electron chi connectivity index (χ4n) is 4.78. The lowest BCUT2D eigenvalue weighted by molar-refractivity contribution is -0.149. The summed E-state index contributed by atoms with van der Waals surface area (Å²) in [5.41, 5.74) is 2.18. The van der Waals surface area contributed by atoms with Crippen LogP contribution in [-0.4, -0.2) is 75.7 Å². The van der Waals surface area contributed by atoms with E-state index in [9.17, 15) is 14.4 Å². The van der Waals surface area contributed by atoms with Crippen LogP contribution in [0.5, 0.6) is 0 Å². The normalized spacial score (nSPS) is 19.2. The van der Waals surface area contributed by atoms with Crippen molar-refractivity contribution in [2.75, 3.05) is 32.8 Å². The molecule has 35 heavy (non-hydrogen) atoms. The monoisotopic (exact) mass is 497 g/mol. The number of carbonyl (C=O) groups excluding carboxylic acids is 3. The van der Waals surface area contributed by atoms with Gasteiger partial charge in [-0.1, -0.05) is 0 Å². The topological polar surface area (TPSA) is 119 Å². The Morgan fingerprint density at radius 2 is 1.86 bits per heavy atom. The standard InChI is InChI=1S/C24H27N5O5S/c1-2-33-24(32)17-4-3-9-29(13-17)23(31)20-14-35-21(25-20)15-7-10-28(11-8-15)22(30)16-5-6-18-19(12-16)27-34-26-18/h5-6,12,14-15,17H,2-4,7-11,13H2,1H3. The van der Waals surface area contributed by atoms with Gasteiger partial charge in [0.2, 0.25) is 0 Å². The molecule has 2 aromatic heterocycles. The van der Waals surface area contributed by atoms with Gasteiger partial charge in [0.05, 0.1) is 17.5 Å². The summed E-state index contributed by atoms with van der Waals surface area (Å²) in [4.78, 5) is 46.3. The van der Waals surface area contributed by atoms with E-state index in [2.05, 4.69) is 15.3 Å². The number of likely N-dealkylation sites (tertiary alicyclic amines) is 2. The molecule has 2 aliphatic heterocycles. The maximum Gasteiger partial charge on any atom is 0.310 e. The first-order chi connectivity index (χ1) is 17.0. The second-order valence-electron chi connectivity index (χ2n) is 8.95. The summed E-state index contributed by atoms with van der Waals surface area (Å²) in [7, 11) is 0. The fourth-order valence-corrected chi connectivity index (χ4v) is 5.74. The van der Waals surface area contributed by atoms with Crippen LogP contribution in [-0.2, 0) is 9.53 Å². The van der Waals surface area contributed by atoms with Gasteiger partial charge < -0.3 is 14.5 Å². The molecule has 4 heterocycles. The van der Waals surface area contributed by atoms with E-state index in [-0.39, 0.29) is 29.6 Å². The van der Waals surface area contributed by atoms with E-state index in [4.69, 9.17) is 9.37 Å². The van der Waals surface area contributed by atoms with Crippen LogP contribution in [0.25, 0.3) is 11.0 Å². The molecule has 0 bridgehead atoms. The molecule has 0 N–H and O–H groups in total. The molecule has 2 fully saturated rings. The summed E-state index contributed by atoms with van der Waals surface area (Å²) in [6.45, 7) is 4.37. The van der Waals surface area contributed by atoms with Gasteiger partial charge in [0.25, 0.3) is 11.8 Å². The molecule has 0 spiro atoms. The minimum atomic E-state index is -0.270. The molecule has 2 amide bonds. The highest BCUT2D eigenvalue weighted by Crippen LogP contribution is 2.31. The Hall–Kier alpha value is -3.34. The van der Waals surface area contributed by atoms with Crippen LogP contribution in [0.15, 0.2) is 28.2 Å². The van der Waals surface area contributed by atoms with Gasteiger partial charge in [-0.05, 0) is 61.1 Å². The Balaban J connectivity index is 1.18. The quantitative estimate of drug-likeness (QED) is 0.493. The SMILES string of the molecule is CCOC(=O)C1CCCN(C(=O)c2csc(C3CCN(C(=O)c4ccc5nonc5c4)CC3)n2)C1. The summed E-state index contributed by atoms with van der Waals surface area (Å²) >= 11 is 1.49. The van der Waals surface area contributed by atoms with E-state index in [0.29, 0.717) is 55.1 Å². The van der Waals surface area contributed by atoms with Gasteiger partial charge in [-0.15, -0.1) is 11.3 Å². The van der Waals surface area contributed by atoms with E-state index in [1.807, 2.05) is 10.3 Å². The van der Waals surface area contributed by atoms with Gasteiger partial charge in [-0.3, -0.25) is 14.4 Å². The number of esters is 1. The molecule has 3 aromatic rings. The molecule has 2 saturated heterocycles. The third kappa shape index (κ3) is 4.90. The third-order valence-electron chi connectivity index (χ3n) is 6.70. The summed E-state index contributed by atoms with van der Waals surface area (Å²) in [5, 5.41) is 10.3. The number of rotatable bonds is 5. The number of hydrogen-bond acceptors (Lipinski definition) is 9. The number of ether oxygens (including phenoxy) is 1. The molecule has 2 aliphatic rings. The second kappa shape index (κ2) is 10.1. The number of amides is 2. The van der Waals surface area contributed by atoms with E-state index < -0.39 is 0 Å². The van der Waals surface area contributed by atoms with Crippen molar-refractivity contribution in [3.8, 4) is 0 Å². The van der Waals surface area contributed by atoms with Crippen LogP contribution in [0.1, 0.15) is 64.4 Å². The van der Waals surface area contributed by atoms with Crippen molar-refractivity contribution >= 4 is 40.2 Å². The highest BCUT2D eigenvalue weighted by molar-refractivity contribution is 7.09. The Kier molecular flexibility index (Phi) is 6.76. The third-order valence-corrected chi connectivity index (χ3v) is 7.71. The molecule has 10 nitrogen and oxygen atoms in total.